The molecule has 5 nitrogen and oxygen atoms in total. The Morgan fingerprint density at radius 3 is 2.14 bits per heavy atom. The third kappa shape index (κ3) is 4.96. The van der Waals surface area contributed by atoms with Crippen molar-refractivity contribution < 1.29 is 19.1 Å². The molecule has 0 saturated heterocycles. The van der Waals surface area contributed by atoms with Gasteiger partial charge in [-0.15, -0.1) is 0 Å². The first-order chi connectivity index (χ1) is 14.1. The number of para-hydroxylation sites is 1. The van der Waals surface area contributed by atoms with Gasteiger partial charge in [0.25, 0.3) is 5.91 Å². The van der Waals surface area contributed by atoms with Crippen molar-refractivity contribution >= 4 is 23.3 Å². The number of anilines is 1. The molecule has 0 spiro atoms. The number of carbonyl (C=O) groups is 3. The van der Waals surface area contributed by atoms with Crippen LogP contribution < -0.4 is 5.32 Å². The molecule has 0 heterocycles. The van der Waals surface area contributed by atoms with E-state index in [1.54, 1.807) is 48.5 Å². The first-order valence-corrected chi connectivity index (χ1v) is 9.33. The van der Waals surface area contributed by atoms with Crippen molar-refractivity contribution in [1.29, 1.82) is 0 Å². The highest BCUT2D eigenvalue weighted by atomic mass is 16.5. The molecule has 0 aliphatic heterocycles. The summed E-state index contributed by atoms with van der Waals surface area (Å²) in [6, 6.07) is 22.6. The lowest BCUT2D eigenvalue weighted by atomic mass is 9.98. The first-order valence-electron chi connectivity index (χ1n) is 9.33. The van der Waals surface area contributed by atoms with Crippen LogP contribution in [0.2, 0.25) is 0 Å². The number of ether oxygens (including phenoxy) is 1. The SMILES string of the molecule is CCc1ccccc1NC(=O)COC(=O)c1ccccc1C(=O)c1ccccc1. The lowest BCUT2D eigenvalue weighted by Crippen LogP contribution is -2.22. The van der Waals surface area contributed by atoms with Crippen molar-refractivity contribution in [2.45, 2.75) is 13.3 Å². The number of esters is 1. The van der Waals surface area contributed by atoms with Crippen molar-refractivity contribution in [2.75, 3.05) is 11.9 Å². The van der Waals surface area contributed by atoms with Crippen LogP contribution in [0, 0.1) is 0 Å². The highest BCUT2D eigenvalue weighted by molar-refractivity contribution is 6.14. The van der Waals surface area contributed by atoms with Crippen LogP contribution in [0.4, 0.5) is 5.69 Å². The van der Waals surface area contributed by atoms with Gasteiger partial charge in [0.15, 0.2) is 12.4 Å². The van der Waals surface area contributed by atoms with Crippen LogP contribution in [0.1, 0.15) is 38.8 Å². The number of hydrogen-bond acceptors (Lipinski definition) is 4. The standard InChI is InChI=1S/C24H21NO4/c1-2-17-10-6-9-15-21(17)25-22(26)16-29-24(28)20-14-8-7-13-19(20)23(27)18-11-4-3-5-12-18/h3-15H,2,16H2,1H3,(H,25,26). The molecule has 0 aliphatic rings. The second-order valence-corrected chi connectivity index (χ2v) is 6.38. The molecule has 0 fully saturated rings. The molecule has 0 aromatic heterocycles. The molecule has 3 aromatic carbocycles. The molecule has 3 rings (SSSR count). The second-order valence-electron chi connectivity index (χ2n) is 6.38. The van der Waals surface area contributed by atoms with E-state index < -0.39 is 18.5 Å². The fourth-order valence-electron chi connectivity index (χ4n) is 2.95. The average Bonchev–Trinajstić information content (AvgIpc) is 2.78. The molecule has 5 heteroatoms. The van der Waals surface area contributed by atoms with Crippen LogP contribution >= 0.6 is 0 Å². The molecule has 3 aromatic rings. The predicted octanol–water partition coefficient (Wildman–Crippen LogP) is 4.28. The maximum atomic E-state index is 12.7. The minimum atomic E-state index is -0.719. The molecular weight excluding hydrogens is 366 g/mol. The Labute approximate surface area is 169 Å². The maximum Gasteiger partial charge on any atom is 0.339 e. The van der Waals surface area contributed by atoms with Gasteiger partial charge < -0.3 is 10.1 Å². The summed E-state index contributed by atoms with van der Waals surface area (Å²) >= 11 is 0. The van der Waals surface area contributed by atoms with Gasteiger partial charge >= 0.3 is 5.97 Å². The van der Waals surface area contributed by atoms with Crippen LogP contribution in [-0.2, 0) is 16.0 Å². The van der Waals surface area contributed by atoms with E-state index in [4.69, 9.17) is 4.74 Å². The normalized spacial score (nSPS) is 10.2. The topological polar surface area (TPSA) is 72.5 Å². The van der Waals surface area contributed by atoms with E-state index in [0.717, 1.165) is 12.0 Å². The van der Waals surface area contributed by atoms with Gasteiger partial charge in [0, 0.05) is 16.8 Å². The zero-order valence-corrected chi connectivity index (χ0v) is 16.1. The zero-order chi connectivity index (χ0) is 20.6. The summed E-state index contributed by atoms with van der Waals surface area (Å²) in [4.78, 5) is 37.5. The van der Waals surface area contributed by atoms with E-state index in [-0.39, 0.29) is 16.9 Å². The lowest BCUT2D eigenvalue weighted by molar-refractivity contribution is -0.119. The second kappa shape index (κ2) is 9.46. The number of amides is 1. The Morgan fingerprint density at radius 1 is 0.793 bits per heavy atom. The van der Waals surface area contributed by atoms with Crippen molar-refractivity contribution in [1.82, 2.24) is 0 Å². The lowest BCUT2D eigenvalue weighted by Gasteiger charge is -2.11. The first kappa shape index (κ1) is 20.0. The zero-order valence-electron chi connectivity index (χ0n) is 16.1. The Kier molecular flexibility index (Phi) is 6.53. The van der Waals surface area contributed by atoms with Gasteiger partial charge in [-0.2, -0.15) is 0 Å². The highest BCUT2D eigenvalue weighted by Crippen LogP contribution is 2.17. The monoisotopic (exact) mass is 387 g/mol. The van der Waals surface area contributed by atoms with Crippen LogP contribution in [0.25, 0.3) is 0 Å². The average molecular weight is 387 g/mol. The highest BCUT2D eigenvalue weighted by Gasteiger charge is 2.19. The molecule has 0 saturated carbocycles. The molecular formula is C24H21NO4. The van der Waals surface area contributed by atoms with Gasteiger partial charge in [0.1, 0.15) is 0 Å². The van der Waals surface area contributed by atoms with E-state index in [1.165, 1.54) is 6.07 Å². The van der Waals surface area contributed by atoms with Crippen LogP contribution in [-0.4, -0.2) is 24.3 Å². The van der Waals surface area contributed by atoms with E-state index in [0.29, 0.717) is 11.3 Å². The van der Waals surface area contributed by atoms with Gasteiger partial charge in [-0.25, -0.2) is 4.79 Å². The van der Waals surface area contributed by atoms with Gasteiger partial charge in [-0.3, -0.25) is 9.59 Å². The summed E-state index contributed by atoms with van der Waals surface area (Å²) in [6.07, 6.45) is 0.769. The number of rotatable bonds is 7. The predicted molar refractivity (Wildman–Crippen MR) is 111 cm³/mol. The van der Waals surface area contributed by atoms with E-state index in [2.05, 4.69) is 5.32 Å². The van der Waals surface area contributed by atoms with Crippen molar-refractivity contribution in [2.24, 2.45) is 0 Å². The quantitative estimate of drug-likeness (QED) is 0.485. The summed E-state index contributed by atoms with van der Waals surface area (Å²) in [5, 5.41) is 2.75. The molecule has 0 bridgehead atoms. The molecule has 0 atom stereocenters. The fourth-order valence-corrected chi connectivity index (χ4v) is 2.95. The number of ketones is 1. The van der Waals surface area contributed by atoms with Crippen LogP contribution in [0.5, 0.6) is 0 Å². The van der Waals surface area contributed by atoms with Crippen molar-refractivity contribution in [3.05, 3.63) is 101 Å². The van der Waals surface area contributed by atoms with Crippen molar-refractivity contribution in [3.8, 4) is 0 Å². The molecule has 0 aliphatic carbocycles. The van der Waals surface area contributed by atoms with Gasteiger partial charge in [-0.05, 0) is 24.1 Å². The summed E-state index contributed by atoms with van der Waals surface area (Å²) in [6.45, 7) is 1.55. The Morgan fingerprint density at radius 2 is 1.41 bits per heavy atom. The minimum Gasteiger partial charge on any atom is -0.452 e. The number of benzene rings is 3. The molecule has 1 amide bonds. The molecule has 0 unspecified atom stereocenters. The third-order valence-electron chi connectivity index (χ3n) is 4.43. The van der Waals surface area contributed by atoms with Crippen LogP contribution in [0.3, 0.4) is 0 Å². The molecule has 1 N–H and O–H groups in total. The largest absolute Gasteiger partial charge is 0.452 e. The third-order valence-corrected chi connectivity index (χ3v) is 4.43. The van der Waals surface area contributed by atoms with Gasteiger partial charge in [0.05, 0.1) is 5.56 Å². The van der Waals surface area contributed by atoms with Crippen LogP contribution in [0.15, 0.2) is 78.9 Å². The number of carbonyl (C=O) groups excluding carboxylic acids is 3. The summed E-state index contributed by atoms with van der Waals surface area (Å²) in [5.41, 5.74) is 2.52. The molecule has 0 radical (unpaired) electrons. The summed E-state index contributed by atoms with van der Waals surface area (Å²) < 4.78 is 5.16. The summed E-state index contributed by atoms with van der Waals surface area (Å²) in [5.74, 6) is -1.44. The number of nitrogens with one attached hydrogen (secondary N) is 1. The Bertz CT molecular complexity index is 1030. The Balaban J connectivity index is 1.68. The maximum absolute atomic E-state index is 12.7. The van der Waals surface area contributed by atoms with Crippen molar-refractivity contribution in [3.63, 3.8) is 0 Å². The van der Waals surface area contributed by atoms with Gasteiger partial charge in [-0.1, -0.05) is 73.7 Å². The van der Waals surface area contributed by atoms with E-state index >= 15 is 0 Å². The fraction of sp³-hybridized carbons (Fsp3) is 0.125. The smallest absolute Gasteiger partial charge is 0.339 e. The van der Waals surface area contributed by atoms with E-state index in [1.807, 2.05) is 31.2 Å². The number of aryl methyl sites for hydroxylation is 1. The van der Waals surface area contributed by atoms with Gasteiger partial charge in [0.2, 0.25) is 0 Å². The minimum absolute atomic E-state index is 0.128. The summed E-state index contributed by atoms with van der Waals surface area (Å²) in [7, 11) is 0. The molecule has 29 heavy (non-hydrogen) atoms. The Hall–Kier alpha value is -3.73. The number of hydrogen-bond donors (Lipinski definition) is 1. The van der Waals surface area contributed by atoms with E-state index in [9.17, 15) is 14.4 Å². The molecule has 146 valence electrons.